The van der Waals surface area contributed by atoms with Crippen LogP contribution in [-0.4, -0.2) is 11.0 Å². The van der Waals surface area contributed by atoms with Crippen molar-refractivity contribution in [3.8, 4) is 0 Å². The molecule has 5 rings (SSSR count). The summed E-state index contributed by atoms with van der Waals surface area (Å²) in [5, 5.41) is 12.0. The Morgan fingerprint density at radius 3 is 2.75 bits per heavy atom. The van der Waals surface area contributed by atoms with Crippen LogP contribution in [0.5, 0.6) is 0 Å². The van der Waals surface area contributed by atoms with Gasteiger partial charge in [0.1, 0.15) is 5.84 Å². The van der Waals surface area contributed by atoms with E-state index in [-0.39, 0.29) is 5.41 Å². The first-order valence-corrected chi connectivity index (χ1v) is 5.58. The minimum absolute atomic E-state index is 0.0140. The summed E-state index contributed by atoms with van der Waals surface area (Å²) in [6.07, 6.45) is 1.10. The summed E-state index contributed by atoms with van der Waals surface area (Å²) in [4.78, 5) is 0. The molecule has 3 nitrogen and oxygen atoms in total. The zero-order valence-corrected chi connectivity index (χ0v) is 8.72. The summed E-state index contributed by atoms with van der Waals surface area (Å²) < 4.78 is 0. The molecule has 2 saturated carbocycles. The van der Waals surface area contributed by atoms with Crippen molar-refractivity contribution >= 4 is 11.4 Å². The van der Waals surface area contributed by atoms with Crippen molar-refractivity contribution in [3.05, 3.63) is 41.5 Å². The normalized spacial score (nSPS) is 38.6. The third-order valence-electron chi connectivity index (χ3n) is 4.45. The molecule has 0 aliphatic heterocycles. The van der Waals surface area contributed by atoms with Gasteiger partial charge in [-0.25, -0.2) is 0 Å². The Balaban J connectivity index is 1.79. The highest BCUT2D eigenvalue weighted by atomic mass is 16.4. The number of hydrogen-bond donors (Lipinski definition) is 2. The van der Waals surface area contributed by atoms with Crippen LogP contribution in [0.1, 0.15) is 12.0 Å². The molecule has 16 heavy (non-hydrogen) atoms. The molecule has 4 aliphatic rings. The minimum Gasteiger partial charge on any atom is -0.409 e. The molecular weight excluding hydrogens is 200 g/mol. The van der Waals surface area contributed by atoms with E-state index in [0.29, 0.717) is 17.7 Å². The number of allylic oxidation sites excluding steroid dienone is 1. The molecule has 3 heteroatoms. The van der Waals surface area contributed by atoms with E-state index in [9.17, 15) is 0 Å². The predicted octanol–water partition coefficient (Wildman–Crippen LogP) is 1.84. The Morgan fingerprint density at radius 2 is 2.12 bits per heavy atom. The minimum atomic E-state index is -0.0140. The molecule has 0 amide bonds. The molecule has 0 unspecified atom stereocenters. The fraction of sp³-hybridized carbons (Fsp3) is 0.308. The maximum absolute atomic E-state index is 8.80. The highest BCUT2D eigenvalue weighted by Gasteiger charge is 2.89. The molecule has 0 radical (unpaired) electrons. The summed E-state index contributed by atoms with van der Waals surface area (Å²) in [6, 6.07) is 10.4. The number of fused-ring (bicyclic) bond motifs is 1. The SMILES string of the molecule is N/C(=N\O)[C@]12C3=C(c4ccccc4)C[C@@H]1[C@H]32. The highest BCUT2D eigenvalue weighted by molar-refractivity contribution is 6.07. The zero-order chi connectivity index (χ0) is 10.9. The van der Waals surface area contributed by atoms with Crippen LogP contribution in [-0.2, 0) is 0 Å². The molecule has 0 heterocycles. The maximum atomic E-state index is 8.80. The van der Waals surface area contributed by atoms with Gasteiger partial charge in [-0.2, -0.15) is 0 Å². The third-order valence-corrected chi connectivity index (χ3v) is 4.45. The molecule has 0 saturated heterocycles. The molecular formula is C13H12N2O. The lowest BCUT2D eigenvalue weighted by Gasteiger charge is -2.01. The maximum Gasteiger partial charge on any atom is 0.150 e. The molecule has 4 aliphatic carbocycles. The lowest BCUT2D eigenvalue weighted by atomic mass is 10.1. The van der Waals surface area contributed by atoms with E-state index >= 15 is 0 Å². The Labute approximate surface area is 93.3 Å². The van der Waals surface area contributed by atoms with Gasteiger partial charge in [-0.3, -0.25) is 0 Å². The van der Waals surface area contributed by atoms with Gasteiger partial charge in [-0.15, -0.1) is 0 Å². The van der Waals surface area contributed by atoms with Crippen LogP contribution in [0.4, 0.5) is 0 Å². The average molecular weight is 212 g/mol. The fourth-order valence-electron chi connectivity index (χ4n) is 3.66. The van der Waals surface area contributed by atoms with E-state index in [1.54, 1.807) is 0 Å². The second-order valence-electron chi connectivity index (χ2n) is 4.90. The van der Waals surface area contributed by atoms with Crippen molar-refractivity contribution in [2.75, 3.05) is 0 Å². The Morgan fingerprint density at radius 1 is 1.38 bits per heavy atom. The quantitative estimate of drug-likeness (QED) is 0.340. The van der Waals surface area contributed by atoms with Crippen LogP contribution in [0.15, 0.2) is 41.1 Å². The molecule has 0 aromatic heterocycles. The average Bonchev–Trinajstić information content (AvgIpc) is 3.08. The number of benzene rings is 1. The van der Waals surface area contributed by atoms with E-state index in [1.165, 1.54) is 16.7 Å². The van der Waals surface area contributed by atoms with E-state index in [4.69, 9.17) is 10.9 Å². The van der Waals surface area contributed by atoms with Gasteiger partial charge in [-0.1, -0.05) is 35.5 Å². The monoisotopic (exact) mass is 212 g/mol. The smallest absolute Gasteiger partial charge is 0.150 e. The van der Waals surface area contributed by atoms with Gasteiger partial charge in [0.05, 0.1) is 5.41 Å². The van der Waals surface area contributed by atoms with Gasteiger partial charge >= 0.3 is 0 Å². The fourth-order valence-corrected chi connectivity index (χ4v) is 3.66. The molecule has 3 N–H and O–H groups in total. The first kappa shape index (κ1) is 8.39. The van der Waals surface area contributed by atoms with Gasteiger partial charge in [0.15, 0.2) is 0 Å². The summed E-state index contributed by atoms with van der Waals surface area (Å²) in [7, 11) is 0. The number of nitrogens with two attached hydrogens (primary N) is 1. The molecule has 2 bridgehead atoms. The van der Waals surface area contributed by atoms with Crippen molar-refractivity contribution in [1.82, 2.24) is 0 Å². The van der Waals surface area contributed by atoms with E-state index in [0.717, 1.165) is 6.42 Å². The Kier molecular flexibility index (Phi) is 1.21. The zero-order valence-electron chi connectivity index (χ0n) is 8.72. The second-order valence-corrected chi connectivity index (χ2v) is 4.90. The topological polar surface area (TPSA) is 58.6 Å². The van der Waals surface area contributed by atoms with E-state index in [2.05, 4.69) is 29.4 Å². The number of amidine groups is 1. The molecule has 1 aromatic rings. The van der Waals surface area contributed by atoms with Crippen molar-refractivity contribution in [2.24, 2.45) is 28.1 Å². The number of rotatable bonds is 2. The Hall–Kier alpha value is -1.77. The summed E-state index contributed by atoms with van der Waals surface area (Å²) in [5.74, 6) is 1.63. The van der Waals surface area contributed by atoms with Crippen molar-refractivity contribution < 1.29 is 5.21 Å². The number of oxime groups is 1. The first-order valence-electron chi connectivity index (χ1n) is 5.58. The summed E-state index contributed by atoms with van der Waals surface area (Å²) in [5.41, 5.74) is 9.93. The largest absolute Gasteiger partial charge is 0.409 e. The predicted molar refractivity (Wildman–Crippen MR) is 60.8 cm³/mol. The van der Waals surface area contributed by atoms with Gasteiger partial charge in [0, 0.05) is 5.92 Å². The molecule has 2 fully saturated rings. The summed E-state index contributed by atoms with van der Waals surface area (Å²) in [6.45, 7) is 0. The molecule has 0 spiro atoms. The lowest BCUT2D eigenvalue weighted by molar-refractivity contribution is 0.315. The van der Waals surface area contributed by atoms with E-state index in [1.807, 2.05) is 6.07 Å². The Bertz CT molecular complexity index is 546. The highest BCUT2D eigenvalue weighted by Crippen LogP contribution is 2.91. The van der Waals surface area contributed by atoms with Gasteiger partial charge in [-0.05, 0) is 29.0 Å². The van der Waals surface area contributed by atoms with Crippen LogP contribution in [0, 0.1) is 17.3 Å². The molecule has 80 valence electrons. The molecule has 3 atom stereocenters. The van der Waals surface area contributed by atoms with Crippen LogP contribution in [0.25, 0.3) is 5.57 Å². The van der Waals surface area contributed by atoms with E-state index < -0.39 is 0 Å². The third kappa shape index (κ3) is 0.663. The van der Waals surface area contributed by atoms with Crippen molar-refractivity contribution in [1.29, 1.82) is 0 Å². The first-order chi connectivity index (χ1) is 7.81. The molecule has 1 aromatic carbocycles. The van der Waals surface area contributed by atoms with Gasteiger partial charge in [0.2, 0.25) is 0 Å². The summed E-state index contributed by atoms with van der Waals surface area (Å²) >= 11 is 0. The second kappa shape index (κ2) is 2.32. The number of nitrogens with zero attached hydrogens (tertiary/aromatic N) is 1. The van der Waals surface area contributed by atoms with Crippen LogP contribution < -0.4 is 5.73 Å². The van der Waals surface area contributed by atoms with Crippen molar-refractivity contribution in [3.63, 3.8) is 0 Å². The van der Waals surface area contributed by atoms with Crippen molar-refractivity contribution in [2.45, 2.75) is 6.42 Å². The standard InChI is InChI=1S/C13H12N2O/c14-12(15-16)13-9-6-8(10(13)11(9)13)7-4-2-1-3-5-7/h1-5,9,11,16H,6H2,(H2,14,15)/t9-,11-,13+/m1/s1. The van der Waals surface area contributed by atoms with Crippen LogP contribution >= 0.6 is 0 Å². The van der Waals surface area contributed by atoms with Gasteiger partial charge < -0.3 is 10.9 Å². The lowest BCUT2D eigenvalue weighted by Crippen LogP contribution is -2.21. The van der Waals surface area contributed by atoms with Gasteiger partial charge in [0.25, 0.3) is 0 Å². The van der Waals surface area contributed by atoms with Crippen LogP contribution in [0.3, 0.4) is 0 Å². The number of hydrogen-bond acceptors (Lipinski definition) is 2. The van der Waals surface area contributed by atoms with Crippen LogP contribution in [0.2, 0.25) is 0 Å².